The summed E-state index contributed by atoms with van der Waals surface area (Å²) in [4.78, 5) is 9.93. The van der Waals surface area contributed by atoms with Crippen LogP contribution in [-0.2, 0) is 0 Å². The van der Waals surface area contributed by atoms with Crippen molar-refractivity contribution in [2.24, 2.45) is 10.1 Å². The molecule has 0 bridgehead atoms. The molecule has 1 aromatic carbocycles. The fourth-order valence-electron chi connectivity index (χ4n) is 4.23. The molecule has 2 aliphatic rings. The lowest BCUT2D eigenvalue weighted by Crippen LogP contribution is -2.57. The van der Waals surface area contributed by atoms with Gasteiger partial charge in [-0.2, -0.15) is 10.2 Å². The Morgan fingerprint density at radius 1 is 1.35 bits per heavy atom. The van der Waals surface area contributed by atoms with E-state index in [-0.39, 0.29) is 18.6 Å². The van der Waals surface area contributed by atoms with Crippen LogP contribution in [0.4, 0.5) is 10.1 Å². The number of H-pyrrole nitrogens is 1. The molecule has 198 valence electrons. The number of benzene rings is 1. The molecule has 12 heteroatoms. The van der Waals surface area contributed by atoms with Gasteiger partial charge in [-0.1, -0.05) is 13.8 Å². The van der Waals surface area contributed by atoms with Gasteiger partial charge < -0.3 is 15.4 Å². The molecule has 2 atom stereocenters. The third kappa shape index (κ3) is 6.03. The molecule has 5 rings (SSSR count). The number of hydrogen-bond acceptors (Lipinski definition) is 9. The van der Waals surface area contributed by atoms with Crippen LogP contribution in [0.2, 0.25) is 0 Å². The van der Waals surface area contributed by atoms with Crippen molar-refractivity contribution in [3.8, 4) is 17.0 Å². The third-order valence-electron chi connectivity index (χ3n) is 5.93. The molecule has 0 saturated carbocycles. The zero-order valence-corrected chi connectivity index (χ0v) is 22.4. The third-order valence-corrected chi connectivity index (χ3v) is 7.05. The largest absolute Gasteiger partial charge is 0.485 e. The zero-order chi connectivity index (χ0) is 26.4. The van der Waals surface area contributed by atoms with Gasteiger partial charge in [0.25, 0.3) is 0 Å². The van der Waals surface area contributed by atoms with Crippen molar-refractivity contribution in [1.82, 2.24) is 29.5 Å². The normalized spacial score (nSPS) is 19.1. The standard InChI is InChI=1S/C23H28FN9OS.C2H6/c1-14(2)34-22-21(15-9-30-31-10-15)29-13-32(25-3)23(22)28-12-27-18-5-4-16(8-17(18)24)35-33-11-19-20(33)6-7-26-19;1-2/h4-5,8-10,13-14,19-20,26-27H,3,6-7,11-12H2,1-2H3,(H,30,31);1-2H3/b28-23-;. The molecule has 2 unspecified atom stereocenters. The Kier molecular flexibility index (Phi) is 8.95. The summed E-state index contributed by atoms with van der Waals surface area (Å²) in [6.07, 6.45) is 5.90. The molecular weight excluding hydrogens is 493 g/mol. The summed E-state index contributed by atoms with van der Waals surface area (Å²) >= 11 is 1.61. The van der Waals surface area contributed by atoms with Crippen LogP contribution in [0.1, 0.15) is 34.1 Å². The number of nitrogens with zero attached hydrogens (tertiary/aromatic N) is 6. The fraction of sp³-hybridized carbons (Fsp3) is 0.440. The van der Waals surface area contributed by atoms with Gasteiger partial charge in [0.1, 0.15) is 24.5 Å². The predicted molar refractivity (Wildman–Crippen MR) is 145 cm³/mol. The van der Waals surface area contributed by atoms with Crippen molar-refractivity contribution in [3.63, 3.8) is 0 Å². The highest BCUT2D eigenvalue weighted by atomic mass is 32.2. The second-order valence-corrected chi connectivity index (χ2v) is 9.75. The average Bonchev–Trinajstić information content (AvgIpc) is 3.55. The van der Waals surface area contributed by atoms with Crippen molar-refractivity contribution >= 4 is 24.4 Å². The summed E-state index contributed by atoms with van der Waals surface area (Å²) in [6.45, 7) is 13.6. The summed E-state index contributed by atoms with van der Waals surface area (Å²) in [5.74, 6) is 0.119. The van der Waals surface area contributed by atoms with Crippen molar-refractivity contribution in [1.29, 1.82) is 0 Å². The average molecular weight is 528 g/mol. The number of aromatic nitrogens is 4. The smallest absolute Gasteiger partial charge is 0.197 e. The van der Waals surface area contributed by atoms with Crippen LogP contribution < -0.4 is 20.9 Å². The van der Waals surface area contributed by atoms with E-state index in [0.717, 1.165) is 30.0 Å². The lowest BCUT2D eigenvalue weighted by Gasteiger charge is -2.42. The maximum Gasteiger partial charge on any atom is 0.197 e. The Labute approximate surface area is 220 Å². The maximum atomic E-state index is 14.8. The second kappa shape index (κ2) is 12.3. The summed E-state index contributed by atoms with van der Waals surface area (Å²) < 4.78 is 24.6. The van der Waals surface area contributed by atoms with Crippen molar-refractivity contribution in [3.05, 3.63) is 48.2 Å². The molecule has 3 N–H and O–H groups in total. The van der Waals surface area contributed by atoms with Gasteiger partial charge in [-0.15, -0.1) is 0 Å². The van der Waals surface area contributed by atoms with Crippen LogP contribution >= 0.6 is 11.9 Å². The molecule has 0 amide bonds. The Balaban J connectivity index is 0.00000156. The fourth-order valence-corrected chi connectivity index (χ4v) is 5.40. The minimum atomic E-state index is -0.325. The maximum absolute atomic E-state index is 14.8. The molecule has 2 fully saturated rings. The molecule has 0 radical (unpaired) electrons. The van der Waals surface area contributed by atoms with E-state index in [1.807, 2.05) is 33.8 Å². The first-order valence-electron chi connectivity index (χ1n) is 12.5. The molecule has 0 aliphatic carbocycles. The van der Waals surface area contributed by atoms with Crippen LogP contribution in [0.3, 0.4) is 0 Å². The number of halogens is 1. The van der Waals surface area contributed by atoms with E-state index in [2.05, 4.69) is 46.9 Å². The zero-order valence-electron chi connectivity index (χ0n) is 21.6. The van der Waals surface area contributed by atoms with E-state index < -0.39 is 0 Å². The summed E-state index contributed by atoms with van der Waals surface area (Å²) in [5, 5.41) is 17.3. The molecule has 3 aromatic rings. The van der Waals surface area contributed by atoms with E-state index in [4.69, 9.17) is 4.74 Å². The van der Waals surface area contributed by atoms with Crippen molar-refractivity contribution in [2.45, 2.75) is 57.2 Å². The van der Waals surface area contributed by atoms with Gasteiger partial charge in [-0.05, 0) is 57.0 Å². The number of aromatic amines is 1. The topological polar surface area (TPSA) is 108 Å². The van der Waals surface area contributed by atoms with Crippen LogP contribution in [0.5, 0.6) is 5.75 Å². The molecule has 2 aliphatic heterocycles. The molecule has 2 saturated heterocycles. The highest BCUT2D eigenvalue weighted by Crippen LogP contribution is 2.37. The van der Waals surface area contributed by atoms with E-state index in [1.54, 1.807) is 36.5 Å². The van der Waals surface area contributed by atoms with E-state index in [0.29, 0.717) is 34.7 Å². The molecular formula is C25H34FN9OS. The highest BCUT2D eigenvalue weighted by molar-refractivity contribution is 7.97. The van der Waals surface area contributed by atoms with Crippen molar-refractivity contribution < 1.29 is 9.13 Å². The van der Waals surface area contributed by atoms with Gasteiger partial charge in [0.05, 0.1) is 18.0 Å². The Bertz CT molecular complexity index is 1260. The van der Waals surface area contributed by atoms with E-state index >= 15 is 0 Å². The minimum Gasteiger partial charge on any atom is -0.485 e. The van der Waals surface area contributed by atoms with Crippen molar-refractivity contribution in [2.75, 3.05) is 25.1 Å². The SMILES string of the molecule is C=Nn1cnc(-c2cn[nH]c2)c(OC(C)C)/c1=N/CNc1ccc(SN2CC3NCCC32)cc1F.CC. The van der Waals surface area contributed by atoms with E-state index in [1.165, 1.54) is 11.0 Å². The molecule has 2 aromatic heterocycles. The van der Waals surface area contributed by atoms with Crippen LogP contribution in [0.25, 0.3) is 11.3 Å². The highest BCUT2D eigenvalue weighted by Gasteiger charge is 2.42. The van der Waals surface area contributed by atoms with Crippen LogP contribution in [0.15, 0.2) is 51.9 Å². The molecule has 4 heterocycles. The lowest BCUT2D eigenvalue weighted by atomic mass is 10.0. The number of nitrogens with one attached hydrogen (secondary N) is 3. The lowest BCUT2D eigenvalue weighted by molar-refractivity contribution is 0.192. The van der Waals surface area contributed by atoms with Crippen LogP contribution in [0, 0.1) is 5.82 Å². The van der Waals surface area contributed by atoms with Gasteiger partial charge >= 0.3 is 0 Å². The Morgan fingerprint density at radius 3 is 2.86 bits per heavy atom. The Hall–Kier alpha value is -3.22. The summed E-state index contributed by atoms with van der Waals surface area (Å²) in [7, 11) is 0. The Morgan fingerprint density at radius 2 is 2.19 bits per heavy atom. The van der Waals surface area contributed by atoms with Gasteiger partial charge in [-0.25, -0.2) is 23.3 Å². The van der Waals surface area contributed by atoms with Crippen LogP contribution in [-0.4, -0.2) is 68.8 Å². The number of fused-ring (bicyclic) bond motifs is 1. The molecule has 0 spiro atoms. The number of hydrogen-bond donors (Lipinski definition) is 3. The number of rotatable bonds is 9. The first kappa shape index (κ1) is 26.8. The first-order valence-corrected chi connectivity index (χ1v) is 13.3. The quantitative estimate of drug-likeness (QED) is 0.288. The van der Waals surface area contributed by atoms with E-state index in [9.17, 15) is 4.39 Å². The molecule has 10 nitrogen and oxygen atoms in total. The monoisotopic (exact) mass is 527 g/mol. The summed E-state index contributed by atoms with van der Waals surface area (Å²) in [6, 6.07) is 6.35. The summed E-state index contributed by atoms with van der Waals surface area (Å²) in [5.41, 5.74) is 2.11. The van der Waals surface area contributed by atoms with Gasteiger partial charge in [0.15, 0.2) is 11.2 Å². The molecule has 37 heavy (non-hydrogen) atoms. The van der Waals surface area contributed by atoms with Gasteiger partial charge in [0.2, 0.25) is 0 Å². The van der Waals surface area contributed by atoms with Gasteiger partial charge in [0, 0.05) is 42.0 Å². The number of ether oxygens (including phenoxy) is 1. The predicted octanol–water partition coefficient (Wildman–Crippen LogP) is 3.71. The van der Waals surface area contributed by atoms with Gasteiger partial charge in [-0.3, -0.25) is 5.10 Å². The number of anilines is 1. The minimum absolute atomic E-state index is 0.101. The first-order chi connectivity index (χ1) is 18.0. The second-order valence-electron chi connectivity index (χ2n) is 8.63.